The Morgan fingerprint density at radius 2 is 1.90 bits per heavy atom. The van der Waals surface area contributed by atoms with Crippen molar-refractivity contribution >= 4 is 22.7 Å². The second-order valence-corrected chi connectivity index (χ2v) is 7.46. The number of benzene rings is 2. The van der Waals surface area contributed by atoms with Crippen molar-refractivity contribution in [3.05, 3.63) is 72.2 Å². The normalized spacial score (nSPS) is 16.9. The Bertz CT molecular complexity index is 1030. The van der Waals surface area contributed by atoms with Gasteiger partial charge in [0.05, 0.1) is 5.92 Å². The first-order chi connectivity index (χ1) is 14.1. The van der Waals surface area contributed by atoms with Crippen molar-refractivity contribution in [3.8, 4) is 0 Å². The fourth-order valence-corrected chi connectivity index (χ4v) is 3.89. The highest BCUT2D eigenvalue weighted by Gasteiger charge is 2.30. The molecular weight excluding hydrogens is 369 g/mol. The first-order valence-corrected chi connectivity index (χ1v) is 9.94. The molecule has 0 radical (unpaired) electrons. The van der Waals surface area contributed by atoms with Crippen LogP contribution in [0.2, 0.25) is 0 Å². The molecule has 1 aromatic heterocycles. The summed E-state index contributed by atoms with van der Waals surface area (Å²) >= 11 is 0. The van der Waals surface area contributed by atoms with Gasteiger partial charge in [0.2, 0.25) is 11.8 Å². The number of hydrogen-bond donors (Lipinski definition) is 1. The fourth-order valence-electron chi connectivity index (χ4n) is 3.89. The van der Waals surface area contributed by atoms with Gasteiger partial charge in [-0.1, -0.05) is 36.4 Å². The number of para-hydroxylation sites is 1. The third kappa shape index (κ3) is 4.31. The fraction of sp³-hybridized carbons (Fsp3) is 0.304. The lowest BCUT2D eigenvalue weighted by Gasteiger charge is -2.32. The molecule has 1 aliphatic heterocycles. The average Bonchev–Trinajstić information content (AvgIpc) is 3.14. The van der Waals surface area contributed by atoms with Crippen molar-refractivity contribution in [1.29, 1.82) is 0 Å². The molecule has 1 atom stereocenters. The number of nitrogens with one attached hydrogen (secondary N) is 1. The van der Waals surface area contributed by atoms with E-state index in [2.05, 4.69) is 28.1 Å². The van der Waals surface area contributed by atoms with Crippen LogP contribution in [0.1, 0.15) is 18.4 Å². The smallest absolute Gasteiger partial charge is 0.224 e. The molecular formula is C23H24FN3O2. The number of nitrogens with zero attached hydrogens (tertiary/aromatic N) is 2. The van der Waals surface area contributed by atoms with Gasteiger partial charge in [0, 0.05) is 49.9 Å². The summed E-state index contributed by atoms with van der Waals surface area (Å²) in [4.78, 5) is 26.5. The summed E-state index contributed by atoms with van der Waals surface area (Å²) in [6.45, 7) is 1.73. The van der Waals surface area contributed by atoms with E-state index in [1.54, 1.807) is 23.1 Å². The Balaban J connectivity index is 1.32. The van der Waals surface area contributed by atoms with Gasteiger partial charge in [-0.15, -0.1) is 0 Å². The predicted molar refractivity (Wildman–Crippen MR) is 109 cm³/mol. The van der Waals surface area contributed by atoms with Crippen LogP contribution in [0.15, 0.2) is 60.8 Å². The van der Waals surface area contributed by atoms with Crippen LogP contribution in [-0.4, -0.2) is 34.4 Å². The van der Waals surface area contributed by atoms with Crippen LogP contribution >= 0.6 is 0 Å². The molecule has 150 valence electrons. The number of fused-ring (bicyclic) bond motifs is 1. The molecule has 0 bridgehead atoms. The van der Waals surface area contributed by atoms with E-state index in [1.165, 1.54) is 11.5 Å². The number of piperidine rings is 1. The molecule has 0 saturated carbocycles. The summed E-state index contributed by atoms with van der Waals surface area (Å²) in [6, 6.07) is 16.6. The number of amides is 2. The number of rotatable bonds is 6. The standard InChI is InChI=1S/C23H24FN3O2/c24-20-7-3-1-6-18(20)15-27-16-19(9-10-22(27)28)23(29)25-12-14-26-13-11-17-5-2-4-8-21(17)26/h1-8,11,13,19H,9-10,12,14-16H2,(H,25,29)/t19-/m1/s1. The van der Waals surface area contributed by atoms with Gasteiger partial charge in [0.25, 0.3) is 0 Å². The molecule has 2 amide bonds. The second-order valence-electron chi connectivity index (χ2n) is 7.46. The monoisotopic (exact) mass is 393 g/mol. The molecule has 2 heterocycles. The Hall–Kier alpha value is -3.15. The highest BCUT2D eigenvalue weighted by molar-refractivity contribution is 5.84. The Morgan fingerprint density at radius 1 is 1.10 bits per heavy atom. The molecule has 3 aromatic rings. The van der Waals surface area contributed by atoms with Crippen LogP contribution in [0.25, 0.3) is 10.9 Å². The number of hydrogen-bond acceptors (Lipinski definition) is 2. The lowest BCUT2D eigenvalue weighted by atomic mass is 9.96. The molecule has 1 N–H and O–H groups in total. The van der Waals surface area contributed by atoms with Crippen LogP contribution in [-0.2, 0) is 22.7 Å². The highest BCUT2D eigenvalue weighted by atomic mass is 19.1. The first-order valence-electron chi connectivity index (χ1n) is 9.94. The molecule has 29 heavy (non-hydrogen) atoms. The Morgan fingerprint density at radius 3 is 2.76 bits per heavy atom. The minimum Gasteiger partial charge on any atom is -0.354 e. The van der Waals surface area contributed by atoms with Crippen molar-refractivity contribution in [2.45, 2.75) is 25.9 Å². The molecule has 4 rings (SSSR count). The summed E-state index contributed by atoms with van der Waals surface area (Å²) in [5.41, 5.74) is 1.61. The van der Waals surface area contributed by atoms with Crippen molar-refractivity contribution in [2.75, 3.05) is 13.1 Å². The topological polar surface area (TPSA) is 54.3 Å². The zero-order chi connectivity index (χ0) is 20.2. The molecule has 0 spiro atoms. The minimum atomic E-state index is -0.328. The summed E-state index contributed by atoms with van der Waals surface area (Å²) in [6.07, 6.45) is 2.87. The van der Waals surface area contributed by atoms with Gasteiger partial charge in [0.1, 0.15) is 5.82 Å². The van der Waals surface area contributed by atoms with E-state index in [9.17, 15) is 14.0 Å². The first kappa shape index (κ1) is 19.2. The van der Waals surface area contributed by atoms with Gasteiger partial charge in [-0.25, -0.2) is 4.39 Å². The van der Waals surface area contributed by atoms with Crippen molar-refractivity contribution in [3.63, 3.8) is 0 Å². The largest absolute Gasteiger partial charge is 0.354 e. The molecule has 5 nitrogen and oxygen atoms in total. The van der Waals surface area contributed by atoms with E-state index >= 15 is 0 Å². The van der Waals surface area contributed by atoms with E-state index in [-0.39, 0.29) is 30.1 Å². The second kappa shape index (κ2) is 8.47. The molecule has 1 aliphatic rings. The number of likely N-dealkylation sites (tertiary alicyclic amines) is 1. The maximum absolute atomic E-state index is 13.9. The van der Waals surface area contributed by atoms with E-state index in [4.69, 9.17) is 0 Å². The zero-order valence-corrected chi connectivity index (χ0v) is 16.2. The van der Waals surface area contributed by atoms with E-state index in [1.807, 2.05) is 18.3 Å². The molecule has 6 heteroatoms. The quantitative estimate of drug-likeness (QED) is 0.698. The van der Waals surface area contributed by atoms with Crippen molar-refractivity contribution in [1.82, 2.24) is 14.8 Å². The van der Waals surface area contributed by atoms with Crippen LogP contribution in [0, 0.1) is 11.7 Å². The molecule has 0 unspecified atom stereocenters. The zero-order valence-electron chi connectivity index (χ0n) is 16.2. The number of halogens is 1. The molecule has 2 aromatic carbocycles. The third-order valence-corrected chi connectivity index (χ3v) is 5.52. The Labute approximate surface area is 169 Å². The van der Waals surface area contributed by atoms with Gasteiger partial charge >= 0.3 is 0 Å². The average molecular weight is 393 g/mol. The number of carbonyl (C=O) groups is 2. The van der Waals surface area contributed by atoms with Crippen LogP contribution in [0.5, 0.6) is 0 Å². The summed E-state index contributed by atoms with van der Waals surface area (Å²) < 4.78 is 16.0. The lowest BCUT2D eigenvalue weighted by molar-refractivity contribution is -0.138. The van der Waals surface area contributed by atoms with Gasteiger partial charge in [-0.05, 0) is 30.0 Å². The highest BCUT2D eigenvalue weighted by Crippen LogP contribution is 2.21. The van der Waals surface area contributed by atoms with E-state index in [0.29, 0.717) is 38.0 Å². The van der Waals surface area contributed by atoms with Crippen molar-refractivity contribution in [2.24, 2.45) is 5.92 Å². The van der Waals surface area contributed by atoms with Gasteiger partial charge in [0.15, 0.2) is 0 Å². The van der Waals surface area contributed by atoms with Crippen LogP contribution in [0.4, 0.5) is 4.39 Å². The summed E-state index contributed by atoms with van der Waals surface area (Å²) in [5, 5.41) is 4.17. The van der Waals surface area contributed by atoms with Gasteiger partial charge in [-0.2, -0.15) is 0 Å². The molecule has 0 aliphatic carbocycles. The van der Waals surface area contributed by atoms with Crippen molar-refractivity contribution < 1.29 is 14.0 Å². The van der Waals surface area contributed by atoms with E-state index in [0.717, 1.165) is 5.52 Å². The lowest BCUT2D eigenvalue weighted by Crippen LogP contribution is -2.45. The summed E-state index contributed by atoms with van der Waals surface area (Å²) in [5.74, 6) is -0.671. The maximum atomic E-state index is 13.9. The van der Waals surface area contributed by atoms with Crippen LogP contribution < -0.4 is 5.32 Å². The predicted octanol–water partition coefficient (Wildman–Crippen LogP) is 3.34. The summed E-state index contributed by atoms with van der Waals surface area (Å²) in [7, 11) is 0. The minimum absolute atomic E-state index is 0.0314. The number of carbonyl (C=O) groups excluding carboxylic acids is 2. The van der Waals surface area contributed by atoms with Crippen LogP contribution in [0.3, 0.4) is 0 Å². The van der Waals surface area contributed by atoms with Gasteiger partial charge in [-0.3, -0.25) is 9.59 Å². The number of aromatic nitrogens is 1. The SMILES string of the molecule is O=C(NCCn1ccc2ccccc21)[C@@H]1CCC(=O)N(Cc2ccccc2F)C1. The van der Waals surface area contributed by atoms with Gasteiger partial charge < -0.3 is 14.8 Å². The van der Waals surface area contributed by atoms with E-state index < -0.39 is 0 Å². The third-order valence-electron chi connectivity index (χ3n) is 5.52. The molecule has 1 saturated heterocycles. The Kier molecular flexibility index (Phi) is 5.60. The molecule has 1 fully saturated rings. The maximum Gasteiger partial charge on any atom is 0.224 e.